The Labute approximate surface area is 73.2 Å². The van der Waals surface area contributed by atoms with E-state index in [0.717, 1.165) is 0 Å². The minimum absolute atomic E-state index is 0.00910. The van der Waals surface area contributed by atoms with Crippen LogP contribution in [0.1, 0.15) is 27.7 Å². The molecule has 0 rings (SSSR count). The highest BCUT2D eigenvalue weighted by Crippen LogP contribution is 2.38. The van der Waals surface area contributed by atoms with Crippen LogP contribution >= 0.6 is 7.82 Å². The lowest BCUT2D eigenvalue weighted by molar-refractivity contribution is 0.123. The Hall–Kier alpha value is 0.110. The molecule has 4 nitrogen and oxygen atoms in total. The third-order valence-corrected chi connectivity index (χ3v) is 2.46. The average Bonchev–Trinajstić information content (AvgIpc) is 1.78. The first-order valence-electron chi connectivity index (χ1n) is 3.83. The summed E-state index contributed by atoms with van der Waals surface area (Å²) in [6, 6.07) is 0. The quantitative estimate of drug-likeness (QED) is 0.675. The van der Waals surface area contributed by atoms with Gasteiger partial charge in [-0.2, -0.15) is 0 Å². The van der Waals surface area contributed by atoms with Crippen LogP contribution in [0.25, 0.3) is 0 Å². The molecule has 0 saturated carbocycles. The van der Waals surface area contributed by atoms with Gasteiger partial charge in [0.15, 0.2) is 0 Å². The molecule has 0 aromatic rings. The first kappa shape index (κ1) is 12.1. The molecule has 2 N–H and O–H groups in total. The molecule has 0 unspecified atom stereocenters. The predicted octanol–water partition coefficient (Wildman–Crippen LogP) is 1.78. The first-order valence-corrected chi connectivity index (χ1v) is 5.36. The molecular weight excluding hydrogens is 179 g/mol. The monoisotopic (exact) mass is 196 g/mol. The van der Waals surface area contributed by atoms with Crippen LogP contribution in [0.2, 0.25) is 0 Å². The molecule has 0 heterocycles. The van der Waals surface area contributed by atoms with Crippen molar-refractivity contribution < 1.29 is 18.9 Å². The van der Waals surface area contributed by atoms with Crippen molar-refractivity contribution in [3.05, 3.63) is 0 Å². The summed E-state index contributed by atoms with van der Waals surface area (Å²) in [6.45, 7) is 7.99. The fraction of sp³-hybridized carbons (Fsp3) is 1.00. The highest BCUT2D eigenvalue weighted by Gasteiger charge is 2.23. The summed E-state index contributed by atoms with van der Waals surface area (Å²) in [6.07, 6.45) is 0. The van der Waals surface area contributed by atoms with E-state index in [4.69, 9.17) is 9.79 Å². The van der Waals surface area contributed by atoms with Crippen LogP contribution in [-0.2, 0) is 9.09 Å². The van der Waals surface area contributed by atoms with Crippen molar-refractivity contribution in [3.63, 3.8) is 0 Å². The minimum atomic E-state index is -4.29. The van der Waals surface area contributed by atoms with Crippen LogP contribution in [0.15, 0.2) is 0 Å². The zero-order valence-electron chi connectivity index (χ0n) is 7.94. The molecule has 0 spiro atoms. The van der Waals surface area contributed by atoms with E-state index in [1.54, 1.807) is 0 Å². The number of phosphoric acid groups is 1. The van der Waals surface area contributed by atoms with Gasteiger partial charge in [-0.05, 0) is 11.3 Å². The summed E-state index contributed by atoms with van der Waals surface area (Å²) in [7, 11) is -4.29. The molecule has 0 aromatic carbocycles. The Kier molecular flexibility index (Phi) is 3.91. The summed E-state index contributed by atoms with van der Waals surface area (Å²) in [5.41, 5.74) is 0.00910. The van der Waals surface area contributed by atoms with Crippen LogP contribution in [0.3, 0.4) is 0 Å². The maximum atomic E-state index is 10.3. The molecule has 0 aromatic heterocycles. The van der Waals surface area contributed by atoms with E-state index >= 15 is 0 Å². The van der Waals surface area contributed by atoms with Crippen molar-refractivity contribution in [2.75, 3.05) is 6.61 Å². The van der Waals surface area contributed by atoms with Crippen LogP contribution in [-0.4, -0.2) is 16.4 Å². The topological polar surface area (TPSA) is 66.8 Å². The van der Waals surface area contributed by atoms with Crippen LogP contribution in [0.5, 0.6) is 0 Å². The molecule has 5 heteroatoms. The van der Waals surface area contributed by atoms with Gasteiger partial charge in [0.05, 0.1) is 6.61 Å². The van der Waals surface area contributed by atoms with Gasteiger partial charge < -0.3 is 9.79 Å². The van der Waals surface area contributed by atoms with Crippen LogP contribution < -0.4 is 0 Å². The molecule has 0 aliphatic heterocycles. The molecule has 12 heavy (non-hydrogen) atoms. The van der Waals surface area contributed by atoms with Gasteiger partial charge in [-0.3, -0.25) is 4.52 Å². The van der Waals surface area contributed by atoms with Gasteiger partial charge in [0.25, 0.3) is 0 Å². The third-order valence-electron chi connectivity index (χ3n) is 1.97. The summed E-state index contributed by atoms with van der Waals surface area (Å²) in [4.78, 5) is 16.8. The normalized spacial score (nSPS) is 16.2. The van der Waals surface area contributed by atoms with Crippen molar-refractivity contribution in [2.24, 2.45) is 11.3 Å². The van der Waals surface area contributed by atoms with Gasteiger partial charge in [0.2, 0.25) is 0 Å². The molecule has 0 fully saturated rings. The highest BCUT2D eigenvalue weighted by atomic mass is 31.2. The molecule has 0 radical (unpaired) electrons. The van der Waals surface area contributed by atoms with Gasteiger partial charge in [0.1, 0.15) is 0 Å². The predicted molar refractivity (Wildman–Crippen MR) is 46.6 cm³/mol. The van der Waals surface area contributed by atoms with Gasteiger partial charge in [0, 0.05) is 0 Å². The molecule has 0 aliphatic rings. The molecule has 0 saturated heterocycles. The zero-order chi connectivity index (χ0) is 9.99. The molecule has 0 amide bonds. The fourth-order valence-corrected chi connectivity index (χ4v) is 0.877. The lowest BCUT2D eigenvalue weighted by Crippen LogP contribution is -2.21. The lowest BCUT2D eigenvalue weighted by atomic mass is 9.83. The van der Waals surface area contributed by atoms with Crippen molar-refractivity contribution >= 4 is 7.82 Å². The number of hydrogen-bond acceptors (Lipinski definition) is 2. The second-order valence-electron chi connectivity index (χ2n) is 4.05. The maximum absolute atomic E-state index is 10.3. The van der Waals surface area contributed by atoms with Crippen molar-refractivity contribution in [2.45, 2.75) is 27.7 Å². The summed E-state index contributed by atoms with van der Waals surface area (Å²) >= 11 is 0. The van der Waals surface area contributed by atoms with Crippen LogP contribution in [0, 0.1) is 11.3 Å². The standard InChI is InChI=1S/C7H17O4P/c1-6(7(2,3)4)5-11-12(8,9)10/h6H,5H2,1-4H3,(H2,8,9,10)/t6-/m1/s1. The first-order chi connectivity index (χ1) is 5.13. The van der Waals surface area contributed by atoms with E-state index in [9.17, 15) is 4.57 Å². The summed E-state index contributed by atoms with van der Waals surface area (Å²) < 4.78 is 14.7. The van der Waals surface area contributed by atoms with E-state index in [-0.39, 0.29) is 17.9 Å². The van der Waals surface area contributed by atoms with Gasteiger partial charge in [-0.25, -0.2) is 4.57 Å². The Morgan fingerprint density at radius 1 is 1.42 bits per heavy atom. The maximum Gasteiger partial charge on any atom is 0.469 e. The van der Waals surface area contributed by atoms with E-state index in [0.29, 0.717) is 0 Å². The van der Waals surface area contributed by atoms with Crippen molar-refractivity contribution in [1.29, 1.82) is 0 Å². The third kappa shape index (κ3) is 5.72. The second kappa shape index (κ2) is 3.88. The van der Waals surface area contributed by atoms with E-state index in [1.807, 2.05) is 27.7 Å². The van der Waals surface area contributed by atoms with E-state index < -0.39 is 7.82 Å². The van der Waals surface area contributed by atoms with E-state index in [2.05, 4.69) is 4.52 Å². The molecular formula is C7H17O4P. The van der Waals surface area contributed by atoms with Crippen molar-refractivity contribution in [3.8, 4) is 0 Å². The van der Waals surface area contributed by atoms with Gasteiger partial charge in [-0.15, -0.1) is 0 Å². The molecule has 74 valence electrons. The molecule has 0 aliphatic carbocycles. The zero-order valence-corrected chi connectivity index (χ0v) is 8.84. The SMILES string of the molecule is C[C@H](COP(=O)(O)O)C(C)(C)C. The van der Waals surface area contributed by atoms with Crippen molar-refractivity contribution in [1.82, 2.24) is 0 Å². The largest absolute Gasteiger partial charge is 0.469 e. The average molecular weight is 196 g/mol. The Morgan fingerprint density at radius 2 is 1.83 bits per heavy atom. The Balaban J connectivity index is 3.89. The lowest BCUT2D eigenvalue weighted by Gasteiger charge is -2.26. The summed E-state index contributed by atoms with van der Waals surface area (Å²) in [5.74, 6) is 0.116. The Bertz CT molecular complexity index is 178. The fourth-order valence-electron chi connectivity index (χ4n) is 0.459. The van der Waals surface area contributed by atoms with Crippen LogP contribution in [0.4, 0.5) is 0 Å². The molecule has 1 atom stereocenters. The number of rotatable bonds is 3. The van der Waals surface area contributed by atoms with E-state index in [1.165, 1.54) is 0 Å². The van der Waals surface area contributed by atoms with Gasteiger partial charge in [-0.1, -0.05) is 27.7 Å². The molecule has 0 bridgehead atoms. The van der Waals surface area contributed by atoms with Gasteiger partial charge >= 0.3 is 7.82 Å². The number of hydrogen-bond donors (Lipinski definition) is 2. The Morgan fingerprint density at radius 3 is 2.08 bits per heavy atom. The smallest absolute Gasteiger partial charge is 0.303 e. The second-order valence-corrected chi connectivity index (χ2v) is 5.29. The highest BCUT2D eigenvalue weighted by molar-refractivity contribution is 7.46. The minimum Gasteiger partial charge on any atom is -0.303 e. The summed E-state index contributed by atoms with van der Waals surface area (Å²) in [5, 5.41) is 0. The number of phosphoric ester groups is 1.